The molecule has 1 aromatic rings. The molecule has 0 spiro atoms. The van der Waals surface area contributed by atoms with Crippen LogP contribution >= 0.6 is 11.8 Å². The second-order valence-electron chi connectivity index (χ2n) is 6.16. The van der Waals surface area contributed by atoms with E-state index in [1.807, 2.05) is 23.9 Å². The number of benzene rings is 1. The average Bonchev–Trinajstić information content (AvgIpc) is 2.68. The van der Waals surface area contributed by atoms with Gasteiger partial charge in [-0.25, -0.2) is 0 Å². The van der Waals surface area contributed by atoms with E-state index in [-0.39, 0.29) is 12.5 Å². The van der Waals surface area contributed by atoms with Gasteiger partial charge in [-0.05, 0) is 17.7 Å². The van der Waals surface area contributed by atoms with Crippen LogP contribution in [0.3, 0.4) is 0 Å². The third-order valence-electron chi connectivity index (χ3n) is 4.45. The number of ether oxygens (including phenoxy) is 3. The zero-order valence-electron chi connectivity index (χ0n) is 14.7. The fraction of sp³-hybridized carbons (Fsp3) is 0.611. The highest BCUT2D eigenvalue weighted by atomic mass is 32.2. The number of nitrogens with zero attached hydrogens (tertiary/aromatic N) is 2. The lowest BCUT2D eigenvalue weighted by molar-refractivity contribution is -0.137. The predicted molar refractivity (Wildman–Crippen MR) is 98.5 cm³/mol. The van der Waals surface area contributed by atoms with Crippen LogP contribution in [0.25, 0.3) is 0 Å². The van der Waals surface area contributed by atoms with Crippen LogP contribution in [0.15, 0.2) is 18.2 Å². The molecule has 1 aromatic carbocycles. The minimum absolute atomic E-state index is 0.0137. The topological polar surface area (TPSA) is 51.2 Å². The van der Waals surface area contributed by atoms with Crippen molar-refractivity contribution >= 4 is 17.7 Å². The van der Waals surface area contributed by atoms with Gasteiger partial charge < -0.3 is 19.1 Å². The van der Waals surface area contributed by atoms with Crippen molar-refractivity contribution in [1.29, 1.82) is 0 Å². The molecule has 138 valence electrons. The van der Waals surface area contributed by atoms with Crippen LogP contribution in [0, 0.1) is 0 Å². The molecule has 0 N–H and O–H groups in total. The van der Waals surface area contributed by atoms with Crippen LogP contribution in [0.5, 0.6) is 11.5 Å². The highest BCUT2D eigenvalue weighted by Crippen LogP contribution is 2.29. The fourth-order valence-corrected chi connectivity index (χ4v) is 3.97. The van der Waals surface area contributed by atoms with Crippen molar-refractivity contribution in [2.45, 2.75) is 6.54 Å². The molecule has 0 aliphatic carbocycles. The van der Waals surface area contributed by atoms with Crippen LogP contribution in [0.1, 0.15) is 5.56 Å². The number of carbonyl (C=O) groups is 1. The summed E-state index contributed by atoms with van der Waals surface area (Å²) in [5.41, 5.74) is 1.20. The lowest BCUT2D eigenvalue weighted by Gasteiger charge is -2.27. The van der Waals surface area contributed by atoms with E-state index >= 15 is 0 Å². The molecule has 6 nitrogen and oxygen atoms in total. The molecule has 25 heavy (non-hydrogen) atoms. The molecule has 2 heterocycles. The van der Waals surface area contributed by atoms with Gasteiger partial charge in [-0.2, -0.15) is 11.8 Å². The van der Waals surface area contributed by atoms with Gasteiger partial charge in [-0.3, -0.25) is 9.69 Å². The van der Waals surface area contributed by atoms with E-state index in [9.17, 15) is 4.79 Å². The number of amides is 1. The first-order valence-corrected chi connectivity index (χ1v) is 9.87. The molecule has 0 bridgehead atoms. The number of methoxy groups -OCH3 is 1. The molecule has 0 unspecified atom stereocenters. The van der Waals surface area contributed by atoms with E-state index in [4.69, 9.17) is 14.2 Å². The standard InChI is InChI=1S/C18H26N2O4S/c1-22-17-12-15(13-19-6-10-25-11-7-19)2-3-16(17)24-14-18(21)20-4-8-23-9-5-20/h2-3,12H,4-11,13-14H2,1H3. The smallest absolute Gasteiger partial charge is 0.260 e. The van der Waals surface area contributed by atoms with E-state index < -0.39 is 0 Å². The lowest BCUT2D eigenvalue weighted by Crippen LogP contribution is -2.43. The maximum Gasteiger partial charge on any atom is 0.260 e. The molecule has 2 aliphatic rings. The first-order valence-electron chi connectivity index (χ1n) is 8.71. The summed E-state index contributed by atoms with van der Waals surface area (Å²) in [6.45, 7) is 5.65. The second-order valence-corrected chi connectivity index (χ2v) is 7.38. The maximum absolute atomic E-state index is 12.2. The number of carbonyl (C=O) groups excluding carboxylic acids is 1. The van der Waals surface area contributed by atoms with Gasteiger partial charge >= 0.3 is 0 Å². The van der Waals surface area contributed by atoms with Gasteiger partial charge in [0.25, 0.3) is 5.91 Å². The molecule has 3 rings (SSSR count). The fourth-order valence-electron chi connectivity index (χ4n) is 2.99. The number of hydrogen-bond acceptors (Lipinski definition) is 6. The molecular weight excluding hydrogens is 340 g/mol. The predicted octanol–water partition coefficient (Wildman–Crippen LogP) is 1.48. The van der Waals surface area contributed by atoms with E-state index in [0.717, 1.165) is 19.6 Å². The van der Waals surface area contributed by atoms with Gasteiger partial charge in [-0.15, -0.1) is 0 Å². The number of rotatable bonds is 6. The van der Waals surface area contributed by atoms with Crippen molar-refractivity contribution in [3.05, 3.63) is 23.8 Å². The Hall–Kier alpha value is -1.44. The van der Waals surface area contributed by atoms with Gasteiger partial charge in [0.15, 0.2) is 18.1 Å². The summed E-state index contributed by atoms with van der Waals surface area (Å²) in [6, 6.07) is 5.97. The van der Waals surface area contributed by atoms with Crippen LogP contribution in [0.4, 0.5) is 0 Å². The molecule has 0 saturated carbocycles. The van der Waals surface area contributed by atoms with Crippen molar-refractivity contribution < 1.29 is 19.0 Å². The first-order chi connectivity index (χ1) is 12.3. The highest BCUT2D eigenvalue weighted by Gasteiger charge is 2.18. The first kappa shape index (κ1) is 18.4. The third kappa shape index (κ3) is 5.26. The summed E-state index contributed by atoms with van der Waals surface area (Å²) in [5.74, 6) is 3.67. The Bertz CT molecular complexity index is 572. The molecule has 7 heteroatoms. The second kappa shape index (κ2) is 9.31. The van der Waals surface area contributed by atoms with Crippen LogP contribution in [-0.2, 0) is 16.1 Å². The lowest BCUT2D eigenvalue weighted by atomic mass is 10.2. The summed E-state index contributed by atoms with van der Waals surface area (Å²) in [4.78, 5) is 16.4. The Morgan fingerprint density at radius 3 is 2.64 bits per heavy atom. The number of hydrogen-bond donors (Lipinski definition) is 0. The average molecular weight is 366 g/mol. The van der Waals surface area contributed by atoms with Crippen LogP contribution < -0.4 is 9.47 Å². The van der Waals surface area contributed by atoms with Gasteiger partial charge in [0.05, 0.1) is 20.3 Å². The summed E-state index contributed by atoms with van der Waals surface area (Å²) < 4.78 is 16.4. The summed E-state index contributed by atoms with van der Waals surface area (Å²) >= 11 is 2.01. The summed E-state index contributed by atoms with van der Waals surface area (Å²) in [7, 11) is 1.63. The van der Waals surface area contributed by atoms with E-state index in [2.05, 4.69) is 11.0 Å². The molecule has 2 aliphatic heterocycles. The zero-order valence-corrected chi connectivity index (χ0v) is 15.6. The Morgan fingerprint density at radius 1 is 1.16 bits per heavy atom. The Kier molecular flexibility index (Phi) is 6.84. The maximum atomic E-state index is 12.2. The van der Waals surface area contributed by atoms with E-state index in [1.165, 1.54) is 17.1 Å². The molecule has 2 fully saturated rings. The molecule has 2 saturated heterocycles. The third-order valence-corrected chi connectivity index (χ3v) is 5.40. The SMILES string of the molecule is COc1cc(CN2CCSCC2)ccc1OCC(=O)N1CCOCC1. The van der Waals surface area contributed by atoms with E-state index in [1.54, 1.807) is 12.0 Å². The zero-order chi connectivity index (χ0) is 17.5. The molecule has 1 amide bonds. The van der Waals surface area contributed by atoms with Gasteiger partial charge in [0.2, 0.25) is 0 Å². The minimum Gasteiger partial charge on any atom is -0.493 e. The molecule has 0 atom stereocenters. The number of thioether (sulfide) groups is 1. The minimum atomic E-state index is -0.0137. The van der Waals surface area contributed by atoms with Gasteiger partial charge in [0, 0.05) is 44.2 Å². The van der Waals surface area contributed by atoms with Crippen molar-refractivity contribution in [3.8, 4) is 11.5 Å². The highest BCUT2D eigenvalue weighted by molar-refractivity contribution is 7.99. The van der Waals surface area contributed by atoms with Crippen LogP contribution in [0.2, 0.25) is 0 Å². The largest absolute Gasteiger partial charge is 0.493 e. The Morgan fingerprint density at radius 2 is 1.92 bits per heavy atom. The molecule has 0 aromatic heterocycles. The van der Waals surface area contributed by atoms with Gasteiger partial charge in [0.1, 0.15) is 0 Å². The molecular formula is C18H26N2O4S. The summed E-state index contributed by atoms with van der Waals surface area (Å²) in [5, 5.41) is 0. The van der Waals surface area contributed by atoms with Crippen LogP contribution in [-0.4, -0.2) is 80.3 Å². The quantitative estimate of drug-likeness (QED) is 0.760. The van der Waals surface area contributed by atoms with Crippen molar-refractivity contribution in [2.24, 2.45) is 0 Å². The normalized spacial score (nSPS) is 18.8. The molecule has 0 radical (unpaired) electrons. The van der Waals surface area contributed by atoms with Crippen molar-refractivity contribution in [1.82, 2.24) is 9.80 Å². The van der Waals surface area contributed by atoms with Crippen molar-refractivity contribution in [3.63, 3.8) is 0 Å². The summed E-state index contributed by atoms with van der Waals surface area (Å²) in [6.07, 6.45) is 0. The Labute approximate surface area is 153 Å². The Balaban J connectivity index is 1.56. The number of morpholine rings is 1. The van der Waals surface area contributed by atoms with E-state index in [0.29, 0.717) is 37.8 Å². The van der Waals surface area contributed by atoms with Gasteiger partial charge in [-0.1, -0.05) is 6.07 Å². The van der Waals surface area contributed by atoms with Crippen molar-refractivity contribution in [2.75, 3.05) is 64.6 Å². The monoisotopic (exact) mass is 366 g/mol.